The first-order valence-corrected chi connectivity index (χ1v) is 15.3. The van der Waals surface area contributed by atoms with Crippen molar-refractivity contribution in [2.75, 3.05) is 9.80 Å². The van der Waals surface area contributed by atoms with E-state index in [0.29, 0.717) is 11.0 Å². The molecule has 0 radical (unpaired) electrons. The number of phenolic OH excluding ortho intramolecular Hbond substituents is 1. The van der Waals surface area contributed by atoms with Crippen molar-refractivity contribution in [2.24, 2.45) is 17.8 Å². The van der Waals surface area contributed by atoms with Crippen molar-refractivity contribution in [3.8, 4) is 5.75 Å². The lowest BCUT2D eigenvalue weighted by Gasteiger charge is -2.50. The van der Waals surface area contributed by atoms with Crippen molar-refractivity contribution in [3.05, 3.63) is 105 Å². The van der Waals surface area contributed by atoms with Gasteiger partial charge in [-0.2, -0.15) is 0 Å². The van der Waals surface area contributed by atoms with Crippen LogP contribution < -0.4 is 9.80 Å². The van der Waals surface area contributed by atoms with Gasteiger partial charge in [0, 0.05) is 18.1 Å². The highest BCUT2D eigenvalue weighted by Gasteiger charge is 2.77. The largest absolute Gasteiger partial charge is 0.505 e. The van der Waals surface area contributed by atoms with Crippen molar-refractivity contribution in [1.82, 2.24) is 0 Å². The Morgan fingerprint density at radius 2 is 1.46 bits per heavy atom. The molecule has 50 heavy (non-hydrogen) atoms. The van der Waals surface area contributed by atoms with Gasteiger partial charge in [0.15, 0.2) is 44.6 Å². The van der Waals surface area contributed by atoms with Crippen LogP contribution in [0.25, 0.3) is 0 Å². The molecule has 0 aromatic heterocycles. The molecule has 2 saturated heterocycles. The highest BCUT2D eigenvalue weighted by atomic mass is 35.5. The van der Waals surface area contributed by atoms with Crippen LogP contribution in [0.2, 0.25) is 0 Å². The molecule has 7 rings (SSSR count). The molecule has 4 amide bonds. The lowest BCUT2D eigenvalue weighted by Crippen LogP contribution is -2.60. The molecule has 2 aliphatic heterocycles. The molecule has 2 aliphatic carbocycles. The quantitative estimate of drug-likeness (QED) is 0.0514. The van der Waals surface area contributed by atoms with E-state index in [9.17, 15) is 52.0 Å². The summed E-state index contributed by atoms with van der Waals surface area (Å²) >= 11 is 13.9. The Kier molecular flexibility index (Phi) is 7.39. The average Bonchev–Trinajstić information content (AvgIpc) is 3.42. The first-order chi connectivity index (χ1) is 23.5. The summed E-state index contributed by atoms with van der Waals surface area (Å²) in [5, 5.41) is 21.3. The van der Waals surface area contributed by atoms with Crippen molar-refractivity contribution >= 4 is 63.9 Å². The van der Waals surface area contributed by atoms with Gasteiger partial charge < -0.3 is 5.11 Å². The number of hydrogen-bond acceptors (Lipinski definition) is 7. The van der Waals surface area contributed by atoms with Gasteiger partial charge >= 0.3 is 0 Å². The number of nitro benzene ring substituents is 1. The average molecular weight is 740 g/mol. The number of alkyl halides is 2. The minimum Gasteiger partial charge on any atom is -0.505 e. The van der Waals surface area contributed by atoms with Gasteiger partial charge in [-0.15, -0.1) is 23.2 Å². The zero-order valence-electron chi connectivity index (χ0n) is 24.6. The topological polar surface area (TPSA) is 138 Å². The molecule has 18 heteroatoms. The number of non-ortho nitro benzene ring substituents is 1. The number of hydrogen-bond donors (Lipinski definition) is 1. The predicted molar refractivity (Wildman–Crippen MR) is 160 cm³/mol. The van der Waals surface area contributed by atoms with Gasteiger partial charge in [-0.25, -0.2) is 36.1 Å². The first-order valence-electron chi connectivity index (χ1n) is 14.6. The molecule has 3 aromatic rings. The van der Waals surface area contributed by atoms with Crippen LogP contribution in [0.1, 0.15) is 24.3 Å². The van der Waals surface area contributed by atoms with E-state index in [1.165, 1.54) is 18.2 Å². The number of phenols is 1. The molecular weight excluding hydrogens is 723 g/mol. The van der Waals surface area contributed by atoms with Gasteiger partial charge in [0.25, 0.3) is 17.5 Å². The van der Waals surface area contributed by atoms with Gasteiger partial charge in [0.2, 0.25) is 17.6 Å². The standard InChI is InChI=1S/C32H17Cl2F6N3O7/c33-31-10-16-14(5-6-15-19(16)28(46)41(27(15)45)12-2-1-3-13(9-12)43(49)50)20(11-4-7-18(44)17(35)8-11)32(31,34)30(48)42(29(31)47)26-24(39)22(37)21(36)23(38)25(26)40/h1-5,7-9,15-16,19-20,44H,6,10H2. The number of rotatable bonds is 4. The molecule has 4 aliphatic rings. The Balaban J connectivity index is 1.42. The number of amides is 4. The second kappa shape index (κ2) is 11.0. The smallest absolute Gasteiger partial charge is 0.271 e. The zero-order chi connectivity index (χ0) is 36.4. The third-order valence-electron chi connectivity index (χ3n) is 9.83. The Morgan fingerprint density at radius 1 is 0.820 bits per heavy atom. The molecule has 2 heterocycles. The summed E-state index contributed by atoms with van der Waals surface area (Å²) in [6, 6.07) is 7.27. The number of carbonyl (C=O) groups is 4. The molecule has 3 fully saturated rings. The van der Waals surface area contributed by atoms with Crippen molar-refractivity contribution in [3.63, 3.8) is 0 Å². The van der Waals surface area contributed by atoms with Gasteiger partial charge in [-0.3, -0.25) is 29.3 Å². The molecule has 0 spiro atoms. The molecule has 6 atom stereocenters. The molecule has 258 valence electrons. The lowest BCUT2D eigenvalue weighted by molar-refractivity contribution is -0.384. The van der Waals surface area contributed by atoms with Crippen molar-refractivity contribution in [1.29, 1.82) is 0 Å². The second-order valence-corrected chi connectivity index (χ2v) is 13.4. The number of aromatic hydroxyl groups is 1. The van der Waals surface area contributed by atoms with E-state index in [1.54, 1.807) is 0 Å². The first kappa shape index (κ1) is 33.5. The SMILES string of the molecule is O=C1C2CC=C3C(CC4(Cl)C(=O)N(c5c(F)c(F)c(F)c(F)c5F)C(=O)C4(Cl)C3c3ccc(O)c(F)c3)C2C(=O)N1c1cccc([N+](=O)[O-])c1. The van der Waals surface area contributed by atoms with Gasteiger partial charge in [0.1, 0.15) is 5.69 Å². The number of anilines is 2. The fraction of sp³-hybridized carbons (Fsp3) is 0.250. The van der Waals surface area contributed by atoms with Gasteiger partial charge in [-0.05, 0) is 42.5 Å². The summed E-state index contributed by atoms with van der Waals surface area (Å²) in [5.41, 5.74) is -2.78. The van der Waals surface area contributed by atoms with Crippen LogP contribution in [-0.4, -0.2) is 43.4 Å². The number of allylic oxidation sites excluding steroid dienone is 2. The highest BCUT2D eigenvalue weighted by Crippen LogP contribution is 2.66. The van der Waals surface area contributed by atoms with E-state index >= 15 is 8.78 Å². The van der Waals surface area contributed by atoms with Crippen molar-refractivity contribution in [2.45, 2.75) is 28.5 Å². The maximum absolute atomic E-state index is 15.1. The number of nitrogens with zero attached hydrogens (tertiary/aromatic N) is 3. The summed E-state index contributed by atoms with van der Waals surface area (Å²) in [4.78, 5) is 61.4. The van der Waals surface area contributed by atoms with Crippen LogP contribution in [0.4, 0.5) is 43.4 Å². The monoisotopic (exact) mass is 739 g/mol. The summed E-state index contributed by atoms with van der Waals surface area (Å²) in [5.74, 6) is -25.6. The minimum absolute atomic E-state index is 0.0464. The van der Waals surface area contributed by atoms with E-state index in [-0.39, 0.29) is 28.1 Å². The molecule has 1 saturated carbocycles. The van der Waals surface area contributed by atoms with E-state index in [2.05, 4.69) is 0 Å². The van der Waals surface area contributed by atoms with Crippen LogP contribution in [-0.2, 0) is 19.2 Å². The lowest BCUT2D eigenvalue weighted by atomic mass is 9.56. The maximum Gasteiger partial charge on any atom is 0.271 e. The Hall–Kier alpha value is -4.96. The molecular formula is C32H17Cl2F6N3O7. The van der Waals surface area contributed by atoms with Crippen LogP contribution in [0, 0.1) is 62.8 Å². The van der Waals surface area contributed by atoms with Crippen LogP contribution >= 0.6 is 23.2 Å². The number of benzene rings is 3. The number of carbonyl (C=O) groups excluding carboxylic acids is 4. The summed E-state index contributed by atoms with van der Waals surface area (Å²) in [6.07, 6.45) is 0.374. The fourth-order valence-corrected chi connectivity index (χ4v) is 8.58. The molecule has 10 nitrogen and oxygen atoms in total. The fourth-order valence-electron chi connectivity index (χ4n) is 7.64. The van der Waals surface area contributed by atoms with Crippen LogP contribution in [0.15, 0.2) is 54.1 Å². The Morgan fingerprint density at radius 3 is 2.08 bits per heavy atom. The number of fused-ring (bicyclic) bond motifs is 4. The summed E-state index contributed by atoms with van der Waals surface area (Å²) in [7, 11) is 0. The third-order valence-corrected chi connectivity index (χ3v) is 11.2. The molecule has 1 N–H and O–H groups in total. The second-order valence-electron chi connectivity index (χ2n) is 12.2. The van der Waals surface area contributed by atoms with Crippen LogP contribution in [0.5, 0.6) is 5.75 Å². The summed E-state index contributed by atoms with van der Waals surface area (Å²) in [6.45, 7) is 0. The van der Waals surface area contributed by atoms with Crippen LogP contribution in [0.3, 0.4) is 0 Å². The van der Waals surface area contributed by atoms with Gasteiger partial charge in [0.05, 0.1) is 22.4 Å². The van der Waals surface area contributed by atoms with E-state index < -0.39 is 120 Å². The number of nitro groups is 1. The summed E-state index contributed by atoms with van der Waals surface area (Å²) < 4.78 is 87.7. The number of halogens is 8. The number of imide groups is 2. The zero-order valence-corrected chi connectivity index (χ0v) is 26.1. The van der Waals surface area contributed by atoms with E-state index in [4.69, 9.17) is 23.2 Å². The molecule has 0 bridgehead atoms. The third kappa shape index (κ3) is 4.17. The normalized spacial score (nSPS) is 28.8. The maximum atomic E-state index is 15.1. The van der Waals surface area contributed by atoms with E-state index in [1.807, 2.05) is 0 Å². The molecule has 6 unspecified atom stereocenters. The van der Waals surface area contributed by atoms with Crippen molar-refractivity contribution < 1.29 is 55.6 Å². The minimum atomic E-state index is -2.88. The van der Waals surface area contributed by atoms with Gasteiger partial charge in [-0.1, -0.05) is 23.8 Å². The molecule has 3 aromatic carbocycles. The van der Waals surface area contributed by atoms with E-state index in [0.717, 1.165) is 24.3 Å². The Labute approximate surface area is 285 Å². The highest BCUT2D eigenvalue weighted by molar-refractivity contribution is 6.58. The predicted octanol–water partition coefficient (Wildman–Crippen LogP) is 5.90. The Bertz CT molecular complexity index is 2140.